The molecule has 0 unspecified atom stereocenters. The van der Waals surface area contributed by atoms with Gasteiger partial charge in [-0.15, -0.1) is 11.3 Å². The number of benzene rings is 2. The number of rotatable bonds is 6. The van der Waals surface area contributed by atoms with E-state index >= 15 is 0 Å². The minimum absolute atomic E-state index is 0.0183. The van der Waals surface area contributed by atoms with Crippen molar-refractivity contribution in [2.45, 2.75) is 13.3 Å². The first kappa shape index (κ1) is 19.5. The zero-order chi connectivity index (χ0) is 20.1. The van der Waals surface area contributed by atoms with Gasteiger partial charge >= 0.3 is 0 Å². The van der Waals surface area contributed by atoms with Crippen molar-refractivity contribution >= 4 is 34.0 Å². The molecule has 1 aromatic heterocycles. The third kappa shape index (κ3) is 4.92. The molecule has 144 valence electrons. The van der Waals surface area contributed by atoms with Crippen LogP contribution in [0, 0.1) is 12.7 Å². The summed E-state index contributed by atoms with van der Waals surface area (Å²) in [6, 6.07) is 11.2. The van der Waals surface area contributed by atoms with Crippen LogP contribution in [0.1, 0.15) is 21.6 Å². The zero-order valence-electron chi connectivity index (χ0n) is 15.3. The first-order chi connectivity index (χ1) is 13.4. The van der Waals surface area contributed by atoms with Gasteiger partial charge in [-0.25, -0.2) is 9.37 Å². The molecule has 0 aliphatic carbocycles. The molecule has 0 fully saturated rings. The van der Waals surface area contributed by atoms with Crippen molar-refractivity contribution in [1.82, 2.24) is 4.98 Å². The Kier molecular flexibility index (Phi) is 6.00. The molecule has 0 spiro atoms. The van der Waals surface area contributed by atoms with E-state index in [1.807, 2.05) is 0 Å². The van der Waals surface area contributed by atoms with Crippen LogP contribution in [-0.4, -0.2) is 23.9 Å². The Morgan fingerprint density at radius 3 is 2.57 bits per heavy atom. The average Bonchev–Trinajstić information content (AvgIpc) is 3.11. The predicted molar refractivity (Wildman–Crippen MR) is 107 cm³/mol. The lowest BCUT2D eigenvalue weighted by molar-refractivity contribution is -0.115. The molecule has 28 heavy (non-hydrogen) atoms. The van der Waals surface area contributed by atoms with Gasteiger partial charge in [0.25, 0.3) is 5.91 Å². The fourth-order valence-electron chi connectivity index (χ4n) is 2.40. The number of halogens is 1. The smallest absolute Gasteiger partial charge is 0.257 e. The van der Waals surface area contributed by atoms with Gasteiger partial charge in [0.1, 0.15) is 11.6 Å². The second-order valence-corrected chi connectivity index (χ2v) is 6.87. The lowest BCUT2D eigenvalue weighted by atomic mass is 10.2. The highest BCUT2D eigenvalue weighted by atomic mass is 32.1. The lowest BCUT2D eigenvalue weighted by Gasteiger charge is -2.05. The molecule has 0 aliphatic heterocycles. The fraction of sp³-hybridized carbons (Fsp3) is 0.150. The van der Waals surface area contributed by atoms with Crippen molar-refractivity contribution in [3.05, 3.63) is 70.5 Å². The van der Waals surface area contributed by atoms with Gasteiger partial charge in [-0.1, -0.05) is 6.07 Å². The van der Waals surface area contributed by atoms with E-state index in [9.17, 15) is 14.0 Å². The molecule has 1 heterocycles. The number of aryl methyl sites for hydroxylation is 1. The fourth-order valence-corrected chi connectivity index (χ4v) is 3.10. The molecule has 8 heteroatoms. The number of methoxy groups -OCH3 is 1. The van der Waals surface area contributed by atoms with Crippen LogP contribution in [0.5, 0.6) is 5.75 Å². The minimum atomic E-state index is -0.380. The van der Waals surface area contributed by atoms with Gasteiger partial charge in [-0.05, 0) is 48.9 Å². The van der Waals surface area contributed by atoms with Crippen LogP contribution in [0.3, 0.4) is 0 Å². The van der Waals surface area contributed by atoms with Crippen molar-refractivity contribution in [3.8, 4) is 5.75 Å². The number of carbonyl (C=O) groups excluding carboxylic acids is 2. The van der Waals surface area contributed by atoms with Crippen LogP contribution in [0.15, 0.2) is 47.8 Å². The highest BCUT2D eigenvalue weighted by Gasteiger charge is 2.12. The number of hydrogen-bond acceptors (Lipinski definition) is 5. The quantitative estimate of drug-likeness (QED) is 0.656. The van der Waals surface area contributed by atoms with E-state index in [0.29, 0.717) is 33.4 Å². The van der Waals surface area contributed by atoms with Crippen LogP contribution >= 0.6 is 11.3 Å². The van der Waals surface area contributed by atoms with Gasteiger partial charge in [-0.3, -0.25) is 14.9 Å². The molecule has 0 atom stereocenters. The van der Waals surface area contributed by atoms with E-state index in [0.717, 1.165) is 0 Å². The summed E-state index contributed by atoms with van der Waals surface area (Å²) in [4.78, 5) is 28.6. The molecular formula is C20H18FN3O3S. The summed E-state index contributed by atoms with van der Waals surface area (Å²) in [5, 5.41) is 7.42. The molecule has 0 saturated carbocycles. The Balaban J connectivity index is 1.57. The normalized spacial score (nSPS) is 10.4. The number of hydrogen-bond donors (Lipinski definition) is 2. The number of ether oxygens (including phenoxy) is 1. The number of nitrogens with one attached hydrogen (secondary N) is 2. The number of aromatic nitrogens is 1. The largest absolute Gasteiger partial charge is 0.497 e. The third-order valence-corrected chi connectivity index (χ3v) is 4.73. The molecule has 2 aromatic carbocycles. The number of carbonyl (C=O) groups is 2. The van der Waals surface area contributed by atoms with Gasteiger partial charge < -0.3 is 10.1 Å². The van der Waals surface area contributed by atoms with E-state index in [1.54, 1.807) is 55.8 Å². The van der Waals surface area contributed by atoms with Gasteiger partial charge in [0.05, 0.1) is 19.2 Å². The number of nitrogens with zero attached hydrogens (tertiary/aromatic N) is 1. The lowest BCUT2D eigenvalue weighted by Crippen LogP contribution is -2.15. The van der Waals surface area contributed by atoms with Crippen molar-refractivity contribution in [1.29, 1.82) is 0 Å². The summed E-state index contributed by atoms with van der Waals surface area (Å²) in [5.41, 5.74) is 1.88. The van der Waals surface area contributed by atoms with E-state index < -0.39 is 0 Å². The minimum Gasteiger partial charge on any atom is -0.497 e. The second kappa shape index (κ2) is 8.62. The molecule has 3 aromatic rings. The van der Waals surface area contributed by atoms with E-state index in [1.165, 1.54) is 17.4 Å². The van der Waals surface area contributed by atoms with Crippen molar-refractivity contribution in [2.75, 3.05) is 17.7 Å². The molecule has 0 saturated heterocycles. The maximum Gasteiger partial charge on any atom is 0.257 e. The summed E-state index contributed by atoms with van der Waals surface area (Å²) in [7, 11) is 1.55. The topological polar surface area (TPSA) is 80.3 Å². The summed E-state index contributed by atoms with van der Waals surface area (Å²) >= 11 is 1.23. The molecule has 0 radical (unpaired) electrons. The molecule has 3 rings (SSSR count). The van der Waals surface area contributed by atoms with E-state index in [4.69, 9.17) is 4.74 Å². The second-order valence-electron chi connectivity index (χ2n) is 6.02. The molecule has 0 bridgehead atoms. The Morgan fingerprint density at radius 1 is 1.14 bits per heavy atom. The van der Waals surface area contributed by atoms with Crippen LogP contribution in [0.4, 0.5) is 15.2 Å². The summed E-state index contributed by atoms with van der Waals surface area (Å²) in [5.74, 6) is -0.340. The first-order valence-corrected chi connectivity index (χ1v) is 9.28. The maximum absolute atomic E-state index is 13.6. The molecule has 0 aliphatic rings. The predicted octanol–water partition coefficient (Wildman–Crippen LogP) is 4.03. The van der Waals surface area contributed by atoms with Gasteiger partial charge in [0.15, 0.2) is 5.13 Å². The monoisotopic (exact) mass is 399 g/mol. The van der Waals surface area contributed by atoms with E-state index in [-0.39, 0.29) is 24.1 Å². The Morgan fingerprint density at radius 2 is 1.89 bits per heavy atom. The standard InChI is InChI=1S/C20H18FN3O3S/c1-12-3-6-14(9-17(12)21)22-18(25)10-15-11-28-20(23-15)24-19(26)13-4-7-16(27-2)8-5-13/h3-9,11H,10H2,1-2H3,(H,22,25)(H,23,24,26). The molecular weight excluding hydrogens is 381 g/mol. The average molecular weight is 399 g/mol. The highest BCUT2D eigenvalue weighted by Crippen LogP contribution is 2.19. The summed E-state index contributed by atoms with van der Waals surface area (Å²) in [6.07, 6.45) is 0.0183. The van der Waals surface area contributed by atoms with E-state index in [2.05, 4.69) is 15.6 Å². The Bertz CT molecular complexity index is 1000. The van der Waals surface area contributed by atoms with Gasteiger partial charge in [0.2, 0.25) is 5.91 Å². The van der Waals surface area contributed by atoms with Gasteiger partial charge in [-0.2, -0.15) is 0 Å². The number of amides is 2. The Labute approximate surface area is 165 Å². The number of thiazole rings is 1. The van der Waals surface area contributed by atoms with Crippen LogP contribution in [0.25, 0.3) is 0 Å². The zero-order valence-corrected chi connectivity index (χ0v) is 16.1. The molecule has 2 N–H and O–H groups in total. The first-order valence-electron chi connectivity index (χ1n) is 8.40. The molecule has 6 nitrogen and oxygen atoms in total. The van der Waals surface area contributed by atoms with Crippen LogP contribution in [0.2, 0.25) is 0 Å². The van der Waals surface area contributed by atoms with Gasteiger partial charge in [0, 0.05) is 16.6 Å². The van der Waals surface area contributed by atoms with Crippen LogP contribution < -0.4 is 15.4 Å². The highest BCUT2D eigenvalue weighted by molar-refractivity contribution is 7.14. The molecule has 2 amide bonds. The van der Waals surface area contributed by atoms with Crippen LogP contribution in [-0.2, 0) is 11.2 Å². The Hall–Kier alpha value is -3.26. The third-order valence-electron chi connectivity index (χ3n) is 3.92. The number of anilines is 2. The van der Waals surface area contributed by atoms with Crippen molar-refractivity contribution < 1.29 is 18.7 Å². The van der Waals surface area contributed by atoms with Crippen molar-refractivity contribution in [3.63, 3.8) is 0 Å². The maximum atomic E-state index is 13.6. The summed E-state index contributed by atoms with van der Waals surface area (Å²) in [6.45, 7) is 1.65. The van der Waals surface area contributed by atoms with Crippen molar-refractivity contribution in [2.24, 2.45) is 0 Å². The summed E-state index contributed by atoms with van der Waals surface area (Å²) < 4.78 is 18.6. The SMILES string of the molecule is COc1ccc(C(=O)Nc2nc(CC(=O)Nc3ccc(C)c(F)c3)cs2)cc1.